The first-order valence-electron chi connectivity index (χ1n) is 9.85. The number of anilines is 1. The zero-order valence-corrected chi connectivity index (χ0v) is 16.4. The van der Waals surface area contributed by atoms with E-state index < -0.39 is 18.0 Å². The number of halogens is 3. The molecule has 1 fully saturated rings. The minimum atomic E-state index is -4.27. The van der Waals surface area contributed by atoms with Gasteiger partial charge in [0.2, 0.25) is 11.8 Å². The number of rotatable bonds is 4. The fourth-order valence-electron chi connectivity index (χ4n) is 3.95. The largest absolute Gasteiger partial charge is 0.393 e. The van der Waals surface area contributed by atoms with Gasteiger partial charge in [-0.2, -0.15) is 13.2 Å². The molecule has 1 aromatic heterocycles. The van der Waals surface area contributed by atoms with Gasteiger partial charge in [-0.15, -0.1) is 10.2 Å². The summed E-state index contributed by atoms with van der Waals surface area (Å²) in [5, 5.41) is 10.6. The van der Waals surface area contributed by atoms with E-state index in [1.807, 2.05) is 31.2 Å². The predicted octanol–water partition coefficient (Wildman–Crippen LogP) is 2.38. The molecule has 10 heteroatoms. The summed E-state index contributed by atoms with van der Waals surface area (Å²) in [6.45, 7) is 1.96. The van der Waals surface area contributed by atoms with Crippen molar-refractivity contribution in [3.8, 4) is 0 Å². The smallest absolute Gasteiger partial charge is 0.348 e. The lowest BCUT2D eigenvalue weighted by Crippen LogP contribution is -2.35. The molecule has 1 aromatic carbocycles. The molecule has 4 rings (SSSR count). The van der Waals surface area contributed by atoms with Crippen LogP contribution < -0.4 is 10.2 Å². The van der Waals surface area contributed by atoms with Crippen LogP contribution in [0.15, 0.2) is 24.3 Å². The van der Waals surface area contributed by atoms with Crippen LogP contribution in [0.2, 0.25) is 0 Å². The number of nitrogens with one attached hydrogen (secondary N) is 1. The number of hydrogen-bond donors (Lipinski definition) is 1. The Morgan fingerprint density at radius 2 is 1.93 bits per heavy atom. The number of carbonyl (C=O) groups excluding carboxylic acids is 2. The molecule has 1 N–H and O–H groups in total. The third-order valence-corrected chi connectivity index (χ3v) is 5.75. The number of alkyl halides is 3. The van der Waals surface area contributed by atoms with E-state index in [1.165, 1.54) is 4.57 Å². The topological polar surface area (TPSA) is 80.1 Å². The van der Waals surface area contributed by atoms with Gasteiger partial charge >= 0.3 is 6.18 Å². The highest BCUT2D eigenvalue weighted by Crippen LogP contribution is 2.34. The lowest BCUT2D eigenvalue weighted by Gasteiger charge is -2.26. The van der Waals surface area contributed by atoms with Crippen LogP contribution in [0.4, 0.5) is 18.9 Å². The van der Waals surface area contributed by atoms with Gasteiger partial charge in [-0.1, -0.05) is 17.7 Å². The van der Waals surface area contributed by atoms with E-state index in [1.54, 1.807) is 4.90 Å². The van der Waals surface area contributed by atoms with Crippen LogP contribution >= 0.6 is 0 Å². The molecule has 160 valence electrons. The number of aromatic nitrogens is 3. The molecule has 2 aliphatic rings. The number of benzene rings is 1. The number of hydrogen-bond acceptors (Lipinski definition) is 4. The first-order chi connectivity index (χ1) is 14.2. The van der Waals surface area contributed by atoms with Crippen LogP contribution in [-0.2, 0) is 29.1 Å². The second kappa shape index (κ2) is 7.73. The summed E-state index contributed by atoms with van der Waals surface area (Å²) in [6.07, 6.45) is -3.99. The molecule has 0 radical (unpaired) electrons. The summed E-state index contributed by atoms with van der Waals surface area (Å²) >= 11 is 0. The Hall–Kier alpha value is -2.91. The molecule has 2 aromatic rings. The van der Waals surface area contributed by atoms with Crippen molar-refractivity contribution < 1.29 is 22.8 Å². The lowest BCUT2D eigenvalue weighted by atomic mass is 9.99. The van der Waals surface area contributed by atoms with Crippen molar-refractivity contribution in [2.24, 2.45) is 11.8 Å². The first kappa shape index (κ1) is 20.4. The van der Waals surface area contributed by atoms with Crippen molar-refractivity contribution in [1.82, 2.24) is 20.1 Å². The average Bonchev–Trinajstić information content (AvgIpc) is 3.29. The molecule has 0 bridgehead atoms. The van der Waals surface area contributed by atoms with E-state index in [-0.39, 0.29) is 50.7 Å². The zero-order chi connectivity index (χ0) is 21.5. The quantitative estimate of drug-likeness (QED) is 0.822. The van der Waals surface area contributed by atoms with Crippen LogP contribution in [0.5, 0.6) is 0 Å². The molecule has 0 spiro atoms. The van der Waals surface area contributed by atoms with Crippen LogP contribution in [0.3, 0.4) is 0 Å². The number of nitrogens with zero attached hydrogens (tertiary/aromatic N) is 4. The minimum absolute atomic E-state index is 0.00692. The predicted molar refractivity (Wildman–Crippen MR) is 101 cm³/mol. The van der Waals surface area contributed by atoms with E-state index in [0.717, 1.165) is 11.3 Å². The molecule has 0 unspecified atom stereocenters. The molecule has 2 aliphatic heterocycles. The Bertz CT molecular complexity index is 954. The van der Waals surface area contributed by atoms with Crippen LogP contribution in [0.1, 0.15) is 30.1 Å². The van der Waals surface area contributed by atoms with Gasteiger partial charge in [0.1, 0.15) is 5.82 Å². The molecule has 1 saturated heterocycles. The van der Waals surface area contributed by atoms with Gasteiger partial charge < -0.3 is 14.8 Å². The fraction of sp³-hybridized carbons (Fsp3) is 0.500. The zero-order valence-electron chi connectivity index (χ0n) is 16.4. The first-order valence-corrected chi connectivity index (χ1v) is 9.85. The summed E-state index contributed by atoms with van der Waals surface area (Å²) < 4.78 is 40.6. The number of amides is 2. The highest BCUT2D eigenvalue weighted by molar-refractivity contribution is 6.00. The molecule has 0 aliphatic carbocycles. The van der Waals surface area contributed by atoms with Gasteiger partial charge in [0, 0.05) is 31.6 Å². The maximum absolute atomic E-state index is 13.1. The van der Waals surface area contributed by atoms with Crippen LogP contribution in [-0.4, -0.2) is 39.3 Å². The van der Waals surface area contributed by atoms with Gasteiger partial charge in [0.15, 0.2) is 5.82 Å². The van der Waals surface area contributed by atoms with Crippen molar-refractivity contribution in [1.29, 1.82) is 0 Å². The van der Waals surface area contributed by atoms with E-state index in [2.05, 4.69) is 15.5 Å². The van der Waals surface area contributed by atoms with Gasteiger partial charge in [-0.25, -0.2) is 0 Å². The minimum Gasteiger partial charge on any atom is -0.348 e. The average molecular weight is 421 g/mol. The Morgan fingerprint density at radius 3 is 2.63 bits per heavy atom. The third-order valence-electron chi connectivity index (χ3n) is 5.75. The SMILES string of the molecule is Cc1ccc(N2C[C@H](C(=O)NCc3nnc4n3C[C@@H](C(F)(F)F)CC4)CC2=O)cc1. The second-order valence-corrected chi connectivity index (χ2v) is 7.88. The van der Waals surface area contributed by atoms with E-state index in [9.17, 15) is 22.8 Å². The van der Waals surface area contributed by atoms with Crippen molar-refractivity contribution >= 4 is 17.5 Å². The maximum atomic E-state index is 13.1. The summed E-state index contributed by atoms with van der Waals surface area (Å²) in [4.78, 5) is 26.5. The summed E-state index contributed by atoms with van der Waals surface area (Å²) in [7, 11) is 0. The van der Waals surface area contributed by atoms with Gasteiger partial charge in [0.05, 0.1) is 18.4 Å². The standard InChI is InChI=1S/C20H22F3N5O2/c1-12-2-5-15(6-3-12)27-10-13(8-18(27)29)19(30)24-9-17-26-25-16-7-4-14(11-28(16)17)20(21,22)23/h2-3,5-6,13-14H,4,7-11H2,1H3,(H,24,30)/t13-,14+/m1/s1. The summed E-state index contributed by atoms with van der Waals surface area (Å²) in [5.74, 6) is -1.62. The van der Waals surface area contributed by atoms with Gasteiger partial charge in [-0.3, -0.25) is 9.59 Å². The third kappa shape index (κ3) is 4.03. The highest BCUT2D eigenvalue weighted by Gasteiger charge is 2.42. The molecular weight excluding hydrogens is 399 g/mol. The van der Waals surface area contributed by atoms with Crippen LogP contribution in [0.25, 0.3) is 0 Å². The number of carbonyl (C=O) groups is 2. The number of aryl methyl sites for hydroxylation is 2. The van der Waals surface area contributed by atoms with Gasteiger partial charge in [-0.05, 0) is 25.5 Å². The second-order valence-electron chi connectivity index (χ2n) is 7.88. The Balaban J connectivity index is 1.38. The van der Waals surface area contributed by atoms with Crippen molar-refractivity contribution in [3.05, 3.63) is 41.5 Å². The summed E-state index contributed by atoms with van der Waals surface area (Å²) in [5.41, 5.74) is 1.81. The van der Waals surface area contributed by atoms with E-state index in [0.29, 0.717) is 11.6 Å². The molecule has 2 atom stereocenters. The Labute approximate surface area is 171 Å². The normalized spacial score (nSPS) is 21.6. The monoisotopic (exact) mass is 421 g/mol. The lowest BCUT2D eigenvalue weighted by molar-refractivity contribution is -0.182. The van der Waals surface area contributed by atoms with Crippen molar-refractivity contribution in [2.75, 3.05) is 11.4 Å². The Kier molecular flexibility index (Phi) is 5.25. The van der Waals surface area contributed by atoms with E-state index in [4.69, 9.17) is 0 Å². The molecule has 7 nitrogen and oxygen atoms in total. The molecular formula is C20H22F3N5O2. The van der Waals surface area contributed by atoms with Gasteiger partial charge in [0.25, 0.3) is 0 Å². The Morgan fingerprint density at radius 1 is 1.20 bits per heavy atom. The van der Waals surface area contributed by atoms with Crippen LogP contribution in [0, 0.1) is 18.8 Å². The number of fused-ring (bicyclic) bond motifs is 1. The fourth-order valence-corrected chi connectivity index (χ4v) is 3.95. The van der Waals surface area contributed by atoms with E-state index >= 15 is 0 Å². The molecule has 30 heavy (non-hydrogen) atoms. The molecule has 3 heterocycles. The highest BCUT2D eigenvalue weighted by atomic mass is 19.4. The maximum Gasteiger partial charge on any atom is 0.393 e. The van der Waals surface area contributed by atoms with Crippen molar-refractivity contribution in [2.45, 2.75) is 45.5 Å². The van der Waals surface area contributed by atoms with Crippen molar-refractivity contribution in [3.63, 3.8) is 0 Å². The summed E-state index contributed by atoms with van der Waals surface area (Å²) in [6, 6.07) is 7.48. The molecule has 2 amide bonds. The molecule has 0 saturated carbocycles.